The summed E-state index contributed by atoms with van der Waals surface area (Å²) in [6, 6.07) is 4.17. The average molecular weight is 313 g/mol. The number of rotatable bonds is 7. The molecule has 1 aliphatic rings. The number of carbonyl (C=O) groups excluding carboxylic acids is 1. The van der Waals surface area contributed by atoms with E-state index >= 15 is 0 Å². The summed E-state index contributed by atoms with van der Waals surface area (Å²) in [6.07, 6.45) is 4.16. The van der Waals surface area contributed by atoms with Gasteiger partial charge < -0.3 is 4.90 Å². The molecular weight excluding hydrogens is 288 g/mol. The van der Waals surface area contributed by atoms with E-state index in [1.54, 1.807) is 11.3 Å². The van der Waals surface area contributed by atoms with Crippen molar-refractivity contribution in [3.63, 3.8) is 0 Å². The largest absolute Gasteiger partial charge is 0.320 e. The fourth-order valence-electron chi connectivity index (χ4n) is 2.73. The van der Waals surface area contributed by atoms with Crippen LogP contribution in [0.2, 0.25) is 0 Å². The molecule has 1 amide bonds. The molecule has 1 aromatic heterocycles. The predicted octanol–water partition coefficient (Wildman–Crippen LogP) is 3.35. The molecule has 112 valence electrons. The maximum atomic E-state index is 12.6. The molecule has 0 bridgehead atoms. The zero-order chi connectivity index (χ0) is 14.5. The van der Waals surface area contributed by atoms with Crippen LogP contribution in [0.15, 0.2) is 17.5 Å². The molecule has 2 rings (SSSR count). The third-order valence-electron chi connectivity index (χ3n) is 3.60. The molecule has 0 spiro atoms. The number of thiophene rings is 1. The van der Waals surface area contributed by atoms with E-state index in [4.69, 9.17) is 0 Å². The van der Waals surface area contributed by atoms with Gasteiger partial charge in [-0.15, -0.1) is 11.3 Å². The molecule has 1 aliphatic heterocycles. The van der Waals surface area contributed by atoms with Crippen LogP contribution in [0.25, 0.3) is 0 Å². The summed E-state index contributed by atoms with van der Waals surface area (Å²) < 4.78 is 0. The standard InChI is InChI=1S/C15H24N2OS2/c1-4-6-12-15(18)17(9-11(2)10-19-3)14(16-12)13-7-5-8-20-13/h5,7-8,11-12,14,16H,4,6,9-10H2,1-3H3. The molecule has 0 aliphatic carbocycles. The molecule has 1 aromatic rings. The quantitative estimate of drug-likeness (QED) is 0.838. The van der Waals surface area contributed by atoms with Crippen LogP contribution in [0.4, 0.5) is 0 Å². The number of hydrogen-bond donors (Lipinski definition) is 1. The number of nitrogens with one attached hydrogen (secondary N) is 1. The Labute approximate surface area is 130 Å². The average Bonchev–Trinajstić information content (AvgIpc) is 3.02. The van der Waals surface area contributed by atoms with Gasteiger partial charge in [0.15, 0.2) is 0 Å². The van der Waals surface area contributed by atoms with Crippen molar-refractivity contribution >= 4 is 29.0 Å². The smallest absolute Gasteiger partial charge is 0.241 e. The van der Waals surface area contributed by atoms with E-state index in [1.165, 1.54) is 4.88 Å². The third-order valence-corrected chi connectivity index (χ3v) is 5.43. The molecule has 3 atom stereocenters. The van der Waals surface area contributed by atoms with E-state index in [0.29, 0.717) is 5.92 Å². The summed E-state index contributed by atoms with van der Waals surface area (Å²) in [6.45, 7) is 5.20. The minimum Gasteiger partial charge on any atom is -0.320 e. The van der Waals surface area contributed by atoms with Gasteiger partial charge in [0.25, 0.3) is 0 Å². The molecule has 3 unspecified atom stereocenters. The van der Waals surface area contributed by atoms with Crippen LogP contribution in [0.1, 0.15) is 37.7 Å². The Hall–Kier alpha value is -0.520. The van der Waals surface area contributed by atoms with Gasteiger partial charge in [0, 0.05) is 11.4 Å². The number of amides is 1. The van der Waals surface area contributed by atoms with Crippen molar-refractivity contribution in [1.29, 1.82) is 0 Å². The van der Waals surface area contributed by atoms with Crippen molar-refractivity contribution < 1.29 is 4.79 Å². The SMILES string of the molecule is CCCC1NC(c2cccs2)N(CC(C)CSC)C1=O. The summed E-state index contributed by atoms with van der Waals surface area (Å²) >= 11 is 3.57. The van der Waals surface area contributed by atoms with E-state index in [-0.39, 0.29) is 18.1 Å². The molecule has 2 heterocycles. The monoisotopic (exact) mass is 312 g/mol. The van der Waals surface area contributed by atoms with Crippen LogP contribution in [0.5, 0.6) is 0 Å². The van der Waals surface area contributed by atoms with E-state index < -0.39 is 0 Å². The topological polar surface area (TPSA) is 32.3 Å². The fourth-order valence-corrected chi connectivity index (χ4v) is 4.20. The predicted molar refractivity (Wildman–Crippen MR) is 88.2 cm³/mol. The number of hydrogen-bond acceptors (Lipinski definition) is 4. The zero-order valence-electron chi connectivity index (χ0n) is 12.5. The molecule has 0 aromatic carbocycles. The van der Waals surface area contributed by atoms with Crippen molar-refractivity contribution in [3.8, 4) is 0 Å². The highest BCUT2D eigenvalue weighted by atomic mass is 32.2. The molecule has 1 fully saturated rings. The first kappa shape index (κ1) is 15.9. The summed E-state index contributed by atoms with van der Waals surface area (Å²) in [4.78, 5) is 15.9. The van der Waals surface area contributed by atoms with Crippen molar-refractivity contribution in [3.05, 3.63) is 22.4 Å². The second-order valence-electron chi connectivity index (χ2n) is 5.48. The van der Waals surface area contributed by atoms with Crippen LogP contribution in [0.3, 0.4) is 0 Å². The van der Waals surface area contributed by atoms with Crippen LogP contribution in [-0.4, -0.2) is 35.4 Å². The van der Waals surface area contributed by atoms with E-state index in [1.807, 2.05) is 16.7 Å². The maximum absolute atomic E-state index is 12.6. The second-order valence-corrected chi connectivity index (χ2v) is 7.37. The fraction of sp³-hybridized carbons (Fsp3) is 0.667. The molecule has 0 radical (unpaired) electrons. The lowest BCUT2D eigenvalue weighted by Gasteiger charge is -2.26. The highest BCUT2D eigenvalue weighted by molar-refractivity contribution is 7.98. The Kier molecular flexibility index (Phi) is 5.93. The lowest BCUT2D eigenvalue weighted by molar-refractivity contribution is -0.130. The van der Waals surface area contributed by atoms with Gasteiger partial charge in [-0.1, -0.05) is 26.3 Å². The molecule has 1 N–H and O–H groups in total. The third kappa shape index (κ3) is 3.57. The van der Waals surface area contributed by atoms with Crippen molar-refractivity contribution in [1.82, 2.24) is 10.2 Å². The van der Waals surface area contributed by atoms with Gasteiger partial charge in [-0.05, 0) is 35.8 Å². The molecule has 5 heteroatoms. The molecule has 20 heavy (non-hydrogen) atoms. The Morgan fingerprint density at radius 2 is 2.35 bits per heavy atom. The van der Waals surface area contributed by atoms with Gasteiger partial charge in [-0.2, -0.15) is 11.8 Å². The van der Waals surface area contributed by atoms with Gasteiger partial charge in [-0.3, -0.25) is 10.1 Å². The highest BCUT2D eigenvalue weighted by Crippen LogP contribution is 2.30. The zero-order valence-corrected chi connectivity index (χ0v) is 14.1. The van der Waals surface area contributed by atoms with Gasteiger partial charge >= 0.3 is 0 Å². The number of thioether (sulfide) groups is 1. The minimum atomic E-state index is -0.00594. The van der Waals surface area contributed by atoms with E-state index in [0.717, 1.165) is 25.1 Å². The van der Waals surface area contributed by atoms with Crippen LogP contribution in [0, 0.1) is 5.92 Å². The van der Waals surface area contributed by atoms with Crippen molar-refractivity contribution in [2.24, 2.45) is 5.92 Å². The first-order chi connectivity index (χ1) is 9.67. The summed E-state index contributed by atoms with van der Waals surface area (Å²) in [5.41, 5.74) is 0. The van der Waals surface area contributed by atoms with Gasteiger partial charge in [0.05, 0.1) is 6.04 Å². The van der Waals surface area contributed by atoms with Gasteiger partial charge in [0.1, 0.15) is 6.17 Å². The Bertz CT molecular complexity index is 422. The Morgan fingerprint density at radius 3 is 2.95 bits per heavy atom. The van der Waals surface area contributed by atoms with E-state index in [2.05, 4.69) is 42.9 Å². The molecule has 1 saturated heterocycles. The van der Waals surface area contributed by atoms with Crippen molar-refractivity contribution in [2.45, 2.75) is 38.9 Å². The lowest BCUT2D eigenvalue weighted by Crippen LogP contribution is -2.35. The maximum Gasteiger partial charge on any atom is 0.241 e. The number of carbonyl (C=O) groups is 1. The second kappa shape index (κ2) is 7.48. The van der Waals surface area contributed by atoms with Crippen LogP contribution >= 0.6 is 23.1 Å². The van der Waals surface area contributed by atoms with Crippen LogP contribution < -0.4 is 5.32 Å². The van der Waals surface area contributed by atoms with Gasteiger partial charge in [0.2, 0.25) is 5.91 Å². The normalized spacial score (nSPS) is 24.4. The van der Waals surface area contributed by atoms with Crippen LogP contribution in [-0.2, 0) is 4.79 Å². The molecule has 3 nitrogen and oxygen atoms in total. The highest BCUT2D eigenvalue weighted by Gasteiger charge is 2.39. The Morgan fingerprint density at radius 1 is 1.55 bits per heavy atom. The van der Waals surface area contributed by atoms with Crippen molar-refractivity contribution in [2.75, 3.05) is 18.6 Å². The Balaban J connectivity index is 2.12. The first-order valence-electron chi connectivity index (χ1n) is 7.26. The number of nitrogens with zero attached hydrogens (tertiary/aromatic N) is 1. The van der Waals surface area contributed by atoms with E-state index in [9.17, 15) is 4.79 Å². The molecule has 0 saturated carbocycles. The lowest BCUT2D eigenvalue weighted by atomic mass is 10.1. The minimum absolute atomic E-state index is 0.00594. The summed E-state index contributed by atoms with van der Waals surface area (Å²) in [5, 5.41) is 5.60. The summed E-state index contributed by atoms with van der Waals surface area (Å²) in [5.74, 6) is 1.90. The first-order valence-corrected chi connectivity index (χ1v) is 9.53. The van der Waals surface area contributed by atoms with Gasteiger partial charge in [-0.25, -0.2) is 0 Å². The summed E-state index contributed by atoms with van der Waals surface area (Å²) in [7, 11) is 0. The molecular formula is C15H24N2OS2.